The van der Waals surface area contributed by atoms with Crippen molar-refractivity contribution in [2.75, 3.05) is 67.0 Å². The smallest absolute Gasteiger partial charge is 0.319 e. The highest BCUT2D eigenvalue weighted by atomic mass is 35.5. The summed E-state index contributed by atoms with van der Waals surface area (Å²) in [5.41, 5.74) is 1.82. The van der Waals surface area contributed by atoms with Crippen LogP contribution in [0, 0.1) is 0 Å². The summed E-state index contributed by atoms with van der Waals surface area (Å²) in [5, 5.41) is 6.63. The molecule has 2 aliphatic heterocycles. The number of hydrogen-bond acceptors (Lipinski definition) is 5. The minimum Gasteiger partial charge on any atom is -0.369 e. The molecule has 1 aromatic carbocycles. The van der Waals surface area contributed by atoms with Gasteiger partial charge in [-0.15, -0.1) is 0 Å². The lowest BCUT2D eigenvalue weighted by molar-refractivity contribution is 0.176. The van der Waals surface area contributed by atoms with E-state index >= 15 is 0 Å². The van der Waals surface area contributed by atoms with Crippen LogP contribution in [0.3, 0.4) is 0 Å². The third kappa shape index (κ3) is 4.74. The summed E-state index contributed by atoms with van der Waals surface area (Å²) in [6.07, 6.45) is 1.10. The van der Waals surface area contributed by atoms with Crippen LogP contribution in [0.15, 0.2) is 18.2 Å². The zero-order valence-corrected chi connectivity index (χ0v) is 17.8. The van der Waals surface area contributed by atoms with Crippen LogP contribution in [0.25, 0.3) is 0 Å². The van der Waals surface area contributed by atoms with Crippen LogP contribution >= 0.6 is 35.1 Å². The van der Waals surface area contributed by atoms with Crippen molar-refractivity contribution < 1.29 is 4.79 Å². The number of carbonyl (C=O) groups is 1. The molecule has 0 saturated carbocycles. The molecule has 0 unspecified atom stereocenters. The van der Waals surface area contributed by atoms with Gasteiger partial charge >= 0.3 is 6.03 Å². The van der Waals surface area contributed by atoms with Gasteiger partial charge < -0.3 is 20.4 Å². The maximum Gasteiger partial charge on any atom is 0.319 e. The van der Waals surface area contributed by atoms with Crippen molar-refractivity contribution in [3.63, 3.8) is 0 Å². The molecule has 3 rings (SSSR count). The van der Waals surface area contributed by atoms with Gasteiger partial charge in [-0.2, -0.15) is 23.5 Å². The van der Waals surface area contributed by atoms with Gasteiger partial charge in [0.2, 0.25) is 0 Å². The van der Waals surface area contributed by atoms with E-state index in [1.165, 1.54) is 0 Å². The first kappa shape index (κ1) is 20.0. The molecule has 2 fully saturated rings. The SMILES string of the molecule is CN(C)[C@]1(CNC(=O)Nc2ccc(N3CCSCC3)c(Cl)c2)CCSC1. The maximum absolute atomic E-state index is 12.3. The maximum atomic E-state index is 12.3. The highest BCUT2D eigenvalue weighted by molar-refractivity contribution is 7.99. The molecule has 2 saturated heterocycles. The van der Waals surface area contributed by atoms with E-state index in [9.17, 15) is 4.79 Å². The minimum absolute atomic E-state index is 0.0514. The summed E-state index contributed by atoms with van der Waals surface area (Å²) in [7, 11) is 4.17. The molecule has 2 heterocycles. The summed E-state index contributed by atoms with van der Waals surface area (Å²) in [4.78, 5) is 16.9. The molecule has 26 heavy (non-hydrogen) atoms. The third-order valence-electron chi connectivity index (χ3n) is 5.17. The number of thioether (sulfide) groups is 2. The van der Waals surface area contributed by atoms with Crippen LogP contribution in [0.4, 0.5) is 16.2 Å². The van der Waals surface area contributed by atoms with Gasteiger partial charge in [-0.3, -0.25) is 0 Å². The second-order valence-corrected chi connectivity index (χ2v) is 9.73. The molecule has 0 aromatic heterocycles. The van der Waals surface area contributed by atoms with E-state index in [1.807, 2.05) is 41.7 Å². The Bertz CT molecular complexity index is 632. The van der Waals surface area contributed by atoms with Crippen molar-refractivity contribution >= 4 is 52.5 Å². The average Bonchev–Trinajstić information content (AvgIpc) is 3.11. The van der Waals surface area contributed by atoms with Gasteiger partial charge in [0.25, 0.3) is 0 Å². The number of urea groups is 1. The highest BCUT2D eigenvalue weighted by Crippen LogP contribution is 2.32. The molecule has 2 N–H and O–H groups in total. The molecule has 2 aliphatic rings. The molecule has 0 radical (unpaired) electrons. The number of anilines is 2. The van der Waals surface area contributed by atoms with Gasteiger partial charge in [-0.25, -0.2) is 4.79 Å². The summed E-state index contributed by atoms with van der Waals surface area (Å²) in [6.45, 7) is 2.68. The molecule has 8 heteroatoms. The molecule has 1 atom stereocenters. The van der Waals surface area contributed by atoms with Crippen molar-refractivity contribution in [3.8, 4) is 0 Å². The van der Waals surface area contributed by atoms with Gasteiger partial charge in [0.05, 0.1) is 10.7 Å². The second kappa shape index (κ2) is 8.95. The Morgan fingerprint density at radius 3 is 2.65 bits per heavy atom. The number of amides is 2. The fourth-order valence-electron chi connectivity index (χ4n) is 3.31. The average molecular weight is 415 g/mol. The van der Waals surface area contributed by atoms with Gasteiger partial charge in [0, 0.05) is 48.1 Å². The predicted molar refractivity (Wildman–Crippen MR) is 116 cm³/mol. The Hall–Kier alpha value is -0.760. The molecule has 5 nitrogen and oxygen atoms in total. The third-order valence-corrected chi connectivity index (χ3v) is 7.65. The molecule has 2 amide bonds. The van der Waals surface area contributed by atoms with E-state index in [-0.39, 0.29) is 11.6 Å². The van der Waals surface area contributed by atoms with Crippen LogP contribution in [-0.2, 0) is 0 Å². The number of nitrogens with one attached hydrogen (secondary N) is 2. The fourth-order valence-corrected chi connectivity index (χ4v) is 6.07. The molecule has 1 aromatic rings. The highest BCUT2D eigenvalue weighted by Gasteiger charge is 2.36. The molecule has 144 valence electrons. The largest absolute Gasteiger partial charge is 0.369 e. The molecular formula is C18H27ClN4OS2. The first-order chi connectivity index (χ1) is 12.5. The topological polar surface area (TPSA) is 47.6 Å². The van der Waals surface area contributed by atoms with Crippen LogP contribution in [-0.4, -0.2) is 73.2 Å². The Morgan fingerprint density at radius 1 is 1.27 bits per heavy atom. The summed E-state index contributed by atoms with van der Waals surface area (Å²) < 4.78 is 0. The Balaban J connectivity index is 1.56. The molecular weight excluding hydrogens is 388 g/mol. The minimum atomic E-state index is -0.179. The Labute approximate surface area is 169 Å². The van der Waals surface area contributed by atoms with Crippen molar-refractivity contribution in [1.29, 1.82) is 0 Å². The number of nitrogens with zero attached hydrogens (tertiary/aromatic N) is 2. The van der Waals surface area contributed by atoms with Crippen molar-refractivity contribution in [3.05, 3.63) is 23.2 Å². The van der Waals surface area contributed by atoms with Crippen LogP contribution in [0.2, 0.25) is 5.02 Å². The number of hydrogen-bond donors (Lipinski definition) is 2. The van der Waals surface area contributed by atoms with Crippen LogP contribution in [0.1, 0.15) is 6.42 Å². The van der Waals surface area contributed by atoms with E-state index in [0.29, 0.717) is 11.6 Å². The van der Waals surface area contributed by atoms with Crippen molar-refractivity contribution in [2.45, 2.75) is 12.0 Å². The quantitative estimate of drug-likeness (QED) is 0.772. The van der Waals surface area contributed by atoms with Gasteiger partial charge in [0.1, 0.15) is 0 Å². The van der Waals surface area contributed by atoms with E-state index in [2.05, 4.69) is 34.5 Å². The van der Waals surface area contributed by atoms with E-state index in [0.717, 1.165) is 53.9 Å². The summed E-state index contributed by atoms with van der Waals surface area (Å²) >= 11 is 10.4. The van der Waals surface area contributed by atoms with Gasteiger partial charge in [-0.05, 0) is 44.5 Å². The standard InChI is InChI=1S/C18H27ClN4OS2/c1-22(2)18(5-8-26-13-18)12-20-17(24)21-14-3-4-16(15(19)11-14)23-6-9-25-10-7-23/h3-4,11H,5-10,12-13H2,1-2H3,(H2,20,21,24)/t18-/m0/s1. The summed E-state index contributed by atoms with van der Waals surface area (Å²) in [5.74, 6) is 4.46. The zero-order valence-electron chi connectivity index (χ0n) is 15.4. The van der Waals surface area contributed by atoms with E-state index in [1.54, 1.807) is 0 Å². The van der Waals surface area contributed by atoms with Gasteiger partial charge in [-0.1, -0.05) is 11.6 Å². The number of halogens is 1. The number of carbonyl (C=O) groups excluding carboxylic acids is 1. The first-order valence-corrected chi connectivity index (χ1v) is 11.6. The van der Waals surface area contributed by atoms with Gasteiger partial charge in [0.15, 0.2) is 0 Å². The normalized spacial score (nSPS) is 23.3. The molecule has 0 spiro atoms. The van der Waals surface area contributed by atoms with Crippen LogP contribution < -0.4 is 15.5 Å². The lowest BCUT2D eigenvalue weighted by atomic mass is 9.97. The lowest BCUT2D eigenvalue weighted by Gasteiger charge is -2.35. The number of benzene rings is 1. The van der Waals surface area contributed by atoms with E-state index < -0.39 is 0 Å². The predicted octanol–water partition coefficient (Wildman–Crippen LogP) is 3.45. The zero-order chi connectivity index (χ0) is 18.6. The van der Waals surface area contributed by atoms with E-state index in [4.69, 9.17) is 11.6 Å². The second-order valence-electron chi connectivity index (χ2n) is 6.99. The van der Waals surface area contributed by atoms with Crippen molar-refractivity contribution in [2.24, 2.45) is 0 Å². The molecule has 0 bridgehead atoms. The van der Waals surface area contributed by atoms with Crippen molar-refractivity contribution in [1.82, 2.24) is 10.2 Å². The number of rotatable bonds is 5. The Kier molecular flexibility index (Phi) is 6.88. The fraction of sp³-hybridized carbons (Fsp3) is 0.611. The van der Waals surface area contributed by atoms with Crippen LogP contribution in [0.5, 0.6) is 0 Å². The Morgan fingerprint density at radius 2 is 2.04 bits per heavy atom. The summed E-state index contributed by atoms with van der Waals surface area (Å²) in [6, 6.07) is 5.59. The monoisotopic (exact) mass is 414 g/mol. The first-order valence-electron chi connectivity index (χ1n) is 8.92. The number of likely N-dealkylation sites (N-methyl/N-ethyl adjacent to an activating group) is 1. The lowest BCUT2D eigenvalue weighted by Crippen LogP contribution is -2.53. The molecule has 0 aliphatic carbocycles.